The number of amides is 1. The molecule has 1 unspecified atom stereocenters. The Hall–Kier alpha value is -3.87. The third-order valence-corrected chi connectivity index (χ3v) is 6.92. The number of fused-ring (bicyclic) bond motifs is 1. The molecule has 0 fully saturated rings. The van der Waals surface area contributed by atoms with Gasteiger partial charge < -0.3 is 14.8 Å². The van der Waals surface area contributed by atoms with Gasteiger partial charge in [0.25, 0.3) is 11.5 Å². The summed E-state index contributed by atoms with van der Waals surface area (Å²) < 4.78 is 20.5. The molecular formula is C23H15ClFN5O4S2. The molecule has 0 radical (unpaired) electrons. The van der Waals surface area contributed by atoms with Gasteiger partial charge in [-0.3, -0.25) is 9.59 Å². The maximum Gasteiger partial charge on any atom is 0.333 e. The van der Waals surface area contributed by atoms with Gasteiger partial charge in [-0.25, -0.2) is 18.9 Å². The Morgan fingerprint density at radius 2 is 1.97 bits per heavy atom. The van der Waals surface area contributed by atoms with Crippen LogP contribution in [0.3, 0.4) is 0 Å². The molecule has 0 aliphatic heterocycles. The van der Waals surface area contributed by atoms with Crippen LogP contribution in [0.4, 0.5) is 4.39 Å². The maximum absolute atomic E-state index is 14.0. The second-order valence-corrected chi connectivity index (χ2v) is 9.88. The van der Waals surface area contributed by atoms with Gasteiger partial charge in [-0.1, -0.05) is 11.6 Å². The molecule has 0 spiro atoms. The first-order chi connectivity index (χ1) is 17.2. The number of nitrogens with zero attached hydrogens (tertiary/aromatic N) is 2. The maximum atomic E-state index is 14.0. The highest BCUT2D eigenvalue weighted by Crippen LogP contribution is 2.30. The van der Waals surface area contributed by atoms with Crippen LogP contribution in [-0.2, 0) is 0 Å². The molecule has 2 aromatic carbocycles. The molecule has 3 aromatic heterocycles. The minimum Gasteiger partial charge on any atom is -0.348 e. The molecule has 0 aliphatic carbocycles. The largest absolute Gasteiger partial charge is 0.348 e. The second kappa shape index (κ2) is 9.30. The van der Waals surface area contributed by atoms with Crippen LogP contribution in [0.25, 0.3) is 16.6 Å². The Labute approximate surface area is 215 Å². The van der Waals surface area contributed by atoms with Crippen molar-refractivity contribution < 1.29 is 13.7 Å². The molecule has 3 heterocycles. The van der Waals surface area contributed by atoms with Crippen LogP contribution in [0.2, 0.25) is 4.34 Å². The monoisotopic (exact) mass is 543 g/mol. The number of aromatic amines is 2. The lowest BCUT2D eigenvalue weighted by Crippen LogP contribution is -2.34. The summed E-state index contributed by atoms with van der Waals surface area (Å²) in [4.78, 5) is 46.0. The van der Waals surface area contributed by atoms with E-state index >= 15 is 0 Å². The van der Waals surface area contributed by atoms with Crippen LogP contribution in [0.5, 0.6) is 0 Å². The summed E-state index contributed by atoms with van der Waals surface area (Å²) in [7, 11) is 0. The summed E-state index contributed by atoms with van der Waals surface area (Å²) in [6, 6.07) is 11.0. The van der Waals surface area contributed by atoms with Crippen LogP contribution in [-0.4, -0.2) is 25.6 Å². The molecular weight excluding hydrogens is 529 g/mol. The minimum atomic E-state index is -0.709. The number of rotatable bonds is 5. The summed E-state index contributed by atoms with van der Waals surface area (Å²) in [6.45, 7) is 1.54. The fourth-order valence-electron chi connectivity index (χ4n) is 3.68. The second-order valence-electron chi connectivity index (χ2n) is 7.78. The number of thiophene rings is 1. The third kappa shape index (κ3) is 4.41. The summed E-state index contributed by atoms with van der Waals surface area (Å²) in [5.41, 5.74) is -0.362. The van der Waals surface area contributed by atoms with Crippen molar-refractivity contribution in [2.45, 2.75) is 13.0 Å². The molecule has 5 rings (SSSR count). The first-order valence-electron chi connectivity index (χ1n) is 10.4. The van der Waals surface area contributed by atoms with Crippen molar-refractivity contribution in [1.29, 1.82) is 0 Å². The van der Waals surface area contributed by atoms with Crippen LogP contribution in [0.15, 0.2) is 62.6 Å². The lowest BCUT2D eigenvalue weighted by atomic mass is 10.1. The smallest absolute Gasteiger partial charge is 0.333 e. The number of carbonyl (C=O) groups excluding carboxylic acids is 1. The van der Waals surface area contributed by atoms with Crippen LogP contribution in [0, 0.1) is 17.6 Å². The number of hydrogen-bond acceptors (Lipinski definition) is 7. The van der Waals surface area contributed by atoms with Gasteiger partial charge >= 0.3 is 10.5 Å². The lowest BCUT2D eigenvalue weighted by Gasteiger charge is -2.15. The number of benzene rings is 2. The van der Waals surface area contributed by atoms with Gasteiger partial charge in [0.2, 0.25) is 0 Å². The van der Waals surface area contributed by atoms with Crippen molar-refractivity contribution in [2.75, 3.05) is 0 Å². The highest BCUT2D eigenvalue weighted by molar-refractivity contribution is 7.71. The molecule has 182 valence electrons. The van der Waals surface area contributed by atoms with Crippen molar-refractivity contribution in [1.82, 2.24) is 25.0 Å². The Kier molecular flexibility index (Phi) is 6.16. The molecule has 5 aromatic rings. The average molecular weight is 544 g/mol. The number of nitrogens with one attached hydrogen (secondary N) is 3. The quantitative estimate of drug-likeness (QED) is 0.282. The van der Waals surface area contributed by atoms with Crippen LogP contribution in [0.1, 0.15) is 32.7 Å². The standard InChI is InChI=1S/C23H15ClFN5O4S2/c1-10-8-15-13(9-14(10)25)21(32)30(22(33)26-15)12-4-2-11(3-5-12)20(31)27-18(16-6-7-17(24)36-16)19-28-23(35)34-29-19/h2-9,18H,1H3,(H,26,33)(H,27,31)(H,28,29,35). The van der Waals surface area contributed by atoms with E-state index < -0.39 is 29.0 Å². The van der Waals surface area contributed by atoms with E-state index in [1.165, 1.54) is 48.6 Å². The topological polar surface area (TPSA) is 126 Å². The van der Waals surface area contributed by atoms with Gasteiger partial charge in [-0.05, 0) is 73.2 Å². The van der Waals surface area contributed by atoms with Crippen molar-refractivity contribution in [3.63, 3.8) is 0 Å². The van der Waals surface area contributed by atoms with E-state index in [0.29, 0.717) is 20.6 Å². The molecule has 1 atom stereocenters. The summed E-state index contributed by atoms with van der Waals surface area (Å²) in [5.74, 6) is -0.727. The molecule has 1 amide bonds. The van der Waals surface area contributed by atoms with E-state index in [4.69, 9.17) is 28.3 Å². The van der Waals surface area contributed by atoms with Crippen molar-refractivity contribution in [3.8, 4) is 5.69 Å². The number of H-pyrrole nitrogens is 2. The SMILES string of the molecule is Cc1cc2[nH]c(=O)n(-c3ccc(C(=O)NC(c4nc(=S)o[nH]4)c4ccc(Cl)s4)cc3)c(=O)c2cc1F. The minimum absolute atomic E-state index is 0.0163. The molecule has 0 bridgehead atoms. The van der Waals surface area contributed by atoms with Crippen molar-refractivity contribution >= 4 is 52.0 Å². The average Bonchev–Trinajstić information content (AvgIpc) is 3.47. The van der Waals surface area contributed by atoms with E-state index in [0.717, 1.165) is 10.6 Å². The Morgan fingerprint density at radius 1 is 1.22 bits per heavy atom. The number of carbonyl (C=O) groups is 1. The zero-order valence-corrected chi connectivity index (χ0v) is 20.7. The van der Waals surface area contributed by atoms with Gasteiger partial charge in [0.15, 0.2) is 5.82 Å². The van der Waals surface area contributed by atoms with Crippen LogP contribution < -0.4 is 16.6 Å². The Balaban J connectivity index is 1.47. The zero-order chi connectivity index (χ0) is 25.6. The summed E-state index contributed by atoms with van der Waals surface area (Å²) >= 11 is 12.2. The molecule has 0 saturated heterocycles. The zero-order valence-electron chi connectivity index (χ0n) is 18.3. The highest BCUT2D eigenvalue weighted by atomic mass is 35.5. The van der Waals surface area contributed by atoms with Gasteiger partial charge in [-0.2, -0.15) is 4.98 Å². The Morgan fingerprint density at radius 3 is 2.61 bits per heavy atom. The highest BCUT2D eigenvalue weighted by Gasteiger charge is 2.23. The van der Waals surface area contributed by atoms with E-state index in [2.05, 4.69) is 20.4 Å². The van der Waals surface area contributed by atoms with Gasteiger partial charge in [0, 0.05) is 10.4 Å². The molecule has 36 heavy (non-hydrogen) atoms. The fraction of sp³-hybridized carbons (Fsp3) is 0.0870. The van der Waals surface area contributed by atoms with E-state index in [1.807, 2.05) is 0 Å². The number of hydrogen-bond donors (Lipinski definition) is 3. The first kappa shape index (κ1) is 23.9. The number of aryl methyl sites for hydroxylation is 1. The van der Waals surface area contributed by atoms with Gasteiger partial charge in [0.05, 0.1) is 20.9 Å². The predicted molar refractivity (Wildman–Crippen MR) is 135 cm³/mol. The van der Waals surface area contributed by atoms with Gasteiger partial charge in [-0.15, -0.1) is 11.3 Å². The normalized spacial score (nSPS) is 12.1. The van der Waals surface area contributed by atoms with Crippen LogP contribution >= 0.6 is 35.2 Å². The lowest BCUT2D eigenvalue weighted by molar-refractivity contribution is 0.0941. The fourth-order valence-corrected chi connectivity index (χ4v) is 4.93. The summed E-state index contributed by atoms with van der Waals surface area (Å²) in [6.07, 6.45) is 0. The number of aromatic nitrogens is 4. The van der Waals surface area contributed by atoms with E-state index in [-0.39, 0.29) is 27.0 Å². The molecule has 3 N–H and O–H groups in total. The summed E-state index contributed by atoms with van der Waals surface area (Å²) in [5, 5.41) is 5.47. The Bertz CT molecular complexity index is 1800. The van der Waals surface area contributed by atoms with Crippen molar-refractivity contribution in [2.24, 2.45) is 0 Å². The first-order valence-corrected chi connectivity index (χ1v) is 12.0. The molecule has 0 aliphatic rings. The predicted octanol–water partition coefficient (Wildman–Crippen LogP) is 4.41. The van der Waals surface area contributed by atoms with Crippen molar-refractivity contribution in [3.05, 3.63) is 106 Å². The molecule has 13 heteroatoms. The number of halogens is 2. The third-order valence-electron chi connectivity index (χ3n) is 5.45. The van der Waals surface area contributed by atoms with E-state index in [9.17, 15) is 18.8 Å². The van der Waals surface area contributed by atoms with Gasteiger partial charge in [0.1, 0.15) is 11.9 Å². The van der Waals surface area contributed by atoms with E-state index in [1.54, 1.807) is 12.1 Å². The molecule has 0 saturated carbocycles. The molecule has 9 nitrogen and oxygen atoms in total.